The number of hydrogen-bond acceptors (Lipinski definition) is 5. The first-order chi connectivity index (χ1) is 13.4. The van der Waals surface area contributed by atoms with Crippen LogP contribution in [-0.4, -0.2) is 30.1 Å². The lowest BCUT2D eigenvalue weighted by Crippen LogP contribution is -2.36. The summed E-state index contributed by atoms with van der Waals surface area (Å²) >= 11 is 1.30. The number of carboxylic acids is 1. The number of carboxylic acid groups (broad SMARTS) is 1. The lowest BCUT2D eigenvalue weighted by atomic mass is 9.78. The molecule has 6 nitrogen and oxygen atoms in total. The van der Waals surface area contributed by atoms with Crippen molar-refractivity contribution in [2.75, 3.05) is 12.4 Å². The van der Waals surface area contributed by atoms with E-state index < -0.39 is 23.8 Å². The second kappa shape index (κ2) is 8.56. The number of anilines is 1. The van der Waals surface area contributed by atoms with Gasteiger partial charge in [-0.2, -0.15) is 0 Å². The lowest BCUT2D eigenvalue weighted by molar-refractivity contribution is -0.147. The molecule has 1 aromatic heterocycles. The van der Waals surface area contributed by atoms with Crippen LogP contribution in [0.4, 0.5) is 5.00 Å². The van der Waals surface area contributed by atoms with Crippen LogP contribution in [0.3, 0.4) is 0 Å². The van der Waals surface area contributed by atoms with Gasteiger partial charge in [-0.05, 0) is 25.3 Å². The van der Waals surface area contributed by atoms with Gasteiger partial charge in [0.2, 0.25) is 5.91 Å². The van der Waals surface area contributed by atoms with Crippen molar-refractivity contribution >= 4 is 34.2 Å². The number of ether oxygens (including phenoxy) is 1. The quantitative estimate of drug-likeness (QED) is 0.727. The number of nitrogens with one attached hydrogen (secondary N) is 1. The van der Waals surface area contributed by atoms with Crippen molar-refractivity contribution in [2.45, 2.75) is 32.6 Å². The number of aliphatic carboxylic acids is 1. The number of rotatable bonds is 5. The van der Waals surface area contributed by atoms with Gasteiger partial charge in [-0.1, -0.05) is 43.2 Å². The zero-order valence-electron chi connectivity index (χ0n) is 15.9. The van der Waals surface area contributed by atoms with E-state index >= 15 is 0 Å². The number of carbonyl (C=O) groups is 3. The highest BCUT2D eigenvalue weighted by Gasteiger charge is 2.36. The van der Waals surface area contributed by atoms with Gasteiger partial charge in [-0.25, -0.2) is 4.79 Å². The van der Waals surface area contributed by atoms with E-state index in [1.807, 2.05) is 37.3 Å². The Morgan fingerprint density at radius 3 is 2.36 bits per heavy atom. The van der Waals surface area contributed by atoms with E-state index in [-0.39, 0.29) is 5.91 Å². The van der Waals surface area contributed by atoms with Crippen molar-refractivity contribution in [1.82, 2.24) is 0 Å². The van der Waals surface area contributed by atoms with Crippen LogP contribution in [-0.2, 0) is 14.3 Å². The molecule has 1 heterocycles. The number of hydrogen-bond donors (Lipinski definition) is 2. The van der Waals surface area contributed by atoms with Gasteiger partial charge >= 0.3 is 11.9 Å². The smallest absolute Gasteiger partial charge is 0.341 e. The van der Waals surface area contributed by atoms with Crippen LogP contribution in [0.15, 0.2) is 30.3 Å². The Labute approximate surface area is 167 Å². The zero-order chi connectivity index (χ0) is 20.3. The standard InChI is InChI=1S/C21H23NO5S/c1-12-16(13-8-4-3-5-9-13)17(21(26)27-2)19(28-12)22-18(23)14-10-6-7-11-15(14)20(24)25/h3-5,8-9,14-15H,6-7,10-11H2,1-2H3,(H,22,23)(H,24,25). The Hall–Kier alpha value is -2.67. The molecule has 0 bridgehead atoms. The summed E-state index contributed by atoms with van der Waals surface area (Å²) in [7, 11) is 1.30. The summed E-state index contributed by atoms with van der Waals surface area (Å²) in [5, 5.41) is 12.7. The number of methoxy groups -OCH3 is 1. The minimum atomic E-state index is -0.944. The minimum absolute atomic E-state index is 0.312. The molecular weight excluding hydrogens is 378 g/mol. The third-order valence-electron chi connectivity index (χ3n) is 5.19. The molecule has 2 N–H and O–H groups in total. The molecule has 2 aromatic rings. The van der Waals surface area contributed by atoms with E-state index in [2.05, 4.69) is 5.32 Å². The molecule has 3 rings (SSSR count). The normalized spacial score (nSPS) is 19.1. The van der Waals surface area contributed by atoms with Crippen molar-refractivity contribution in [3.63, 3.8) is 0 Å². The molecule has 1 aliphatic rings. The number of thiophene rings is 1. The lowest BCUT2D eigenvalue weighted by Gasteiger charge is -2.27. The molecule has 1 aromatic carbocycles. The van der Waals surface area contributed by atoms with Crippen molar-refractivity contribution in [3.8, 4) is 11.1 Å². The topological polar surface area (TPSA) is 92.7 Å². The fourth-order valence-electron chi connectivity index (χ4n) is 3.83. The first-order valence-corrected chi connectivity index (χ1v) is 10.1. The Morgan fingerprint density at radius 2 is 1.75 bits per heavy atom. The average Bonchev–Trinajstić information content (AvgIpc) is 3.03. The van der Waals surface area contributed by atoms with E-state index in [0.717, 1.165) is 28.8 Å². The number of carbonyl (C=O) groups excluding carboxylic acids is 2. The second-order valence-electron chi connectivity index (χ2n) is 6.92. The molecule has 1 amide bonds. The zero-order valence-corrected chi connectivity index (χ0v) is 16.7. The van der Waals surface area contributed by atoms with Crippen LogP contribution in [0.2, 0.25) is 0 Å². The van der Waals surface area contributed by atoms with E-state index in [1.165, 1.54) is 18.4 Å². The Balaban J connectivity index is 1.97. The number of benzene rings is 1. The molecule has 2 unspecified atom stereocenters. The van der Waals surface area contributed by atoms with Gasteiger partial charge in [0.05, 0.1) is 18.9 Å². The molecule has 0 saturated heterocycles. The molecule has 2 atom stereocenters. The predicted octanol–water partition coefficient (Wildman–Crippen LogP) is 4.34. The average molecular weight is 401 g/mol. The number of aryl methyl sites for hydroxylation is 1. The van der Waals surface area contributed by atoms with Gasteiger partial charge in [-0.3, -0.25) is 9.59 Å². The number of esters is 1. The molecule has 28 heavy (non-hydrogen) atoms. The van der Waals surface area contributed by atoms with E-state index in [1.54, 1.807) is 0 Å². The van der Waals surface area contributed by atoms with Gasteiger partial charge in [0.25, 0.3) is 0 Å². The van der Waals surface area contributed by atoms with Crippen molar-refractivity contribution in [3.05, 3.63) is 40.8 Å². The van der Waals surface area contributed by atoms with Crippen LogP contribution in [0, 0.1) is 18.8 Å². The summed E-state index contributed by atoms with van der Waals surface area (Å²) in [6.45, 7) is 1.88. The molecule has 1 saturated carbocycles. The summed E-state index contributed by atoms with van der Waals surface area (Å²) in [5.74, 6) is -3.11. The highest BCUT2D eigenvalue weighted by atomic mass is 32.1. The predicted molar refractivity (Wildman–Crippen MR) is 108 cm³/mol. The molecule has 1 aliphatic carbocycles. The number of amides is 1. The maximum absolute atomic E-state index is 12.9. The minimum Gasteiger partial charge on any atom is -0.481 e. The van der Waals surface area contributed by atoms with Crippen molar-refractivity contribution in [1.29, 1.82) is 0 Å². The Kier molecular flexibility index (Phi) is 6.14. The van der Waals surface area contributed by atoms with Crippen molar-refractivity contribution in [2.24, 2.45) is 11.8 Å². The highest BCUT2D eigenvalue weighted by molar-refractivity contribution is 7.17. The third kappa shape index (κ3) is 3.94. The molecule has 0 radical (unpaired) electrons. The molecule has 1 fully saturated rings. The molecule has 0 aliphatic heterocycles. The fraction of sp³-hybridized carbons (Fsp3) is 0.381. The van der Waals surface area contributed by atoms with Crippen LogP contribution < -0.4 is 5.32 Å². The van der Waals surface area contributed by atoms with Gasteiger partial charge in [0.1, 0.15) is 10.6 Å². The van der Waals surface area contributed by atoms with Gasteiger partial charge in [0.15, 0.2) is 0 Å². The van der Waals surface area contributed by atoms with Gasteiger partial charge < -0.3 is 15.2 Å². The van der Waals surface area contributed by atoms with Gasteiger partial charge in [-0.15, -0.1) is 11.3 Å². The van der Waals surface area contributed by atoms with E-state index in [9.17, 15) is 19.5 Å². The maximum Gasteiger partial charge on any atom is 0.341 e. The Morgan fingerprint density at radius 1 is 1.11 bits per heavy atom. The van der Waals surface area contributed by atoms with Crippen LogP contribution in [0.1, 0.15) is 40.9 Å². The SMILES string of the molecule is COC(=O)c1c(NC(=O)C2CCCCC2C(=O)O)sc(C)c1-c1ccccc1. The first-order valence-electron chi connectivity index (χ1n) is 9.24. The summed E-state index contributed by atoms with van der Waals surface area (Å²) in [5.41, 5.74) is 1.90. The maximum atomic E-state index is 12.9. The van der Waals surface area contributed by atoms with Crippen LogP contribution >= 0.6 is 11.3 Å². The van der Waals surface area contributed by atoms with Crippen LogP contribution in [0.5, 0.6) is 0 Å². The molecule has 0 spiro atoms. The summed E-state index contributed by atoms with van der Waals surface area (Å²) in [6, 6.07) is 9.45. The largest absolute Gasteiger partial charge is 0.481 e. The van der Waals surface area contributed by atoms with E-state index in [0.29, 0.717) is 23.4 Å². The molecular formula is C21H23NO5S. The van der Waals surface area contributed by atoms with Crippen molar-refractivity contribution < 1.29 is 24.2 Å². The molecule has 7 heteroatoms. The third-order valence-corrected chi connectivity index (χ3v) is 6.21. The highest BCUT2D eigenvalue weighted by Crippen LogP contribution is 2.41. The monoisotopic (exact) mass is 401 g/mol. The van der Waals surface area contributed by atoms with E-state index in [4.69, 9.17) is 4.74 Å². The first kappa shape index (κ1) is 20.1. The Bertz CT molecular complexity index is 890. The summed E-state index contributed by atoms with van der Waals surface area (Å²) < 4.78 is 4.96. The van der Waals surface area contributed by atoms with Crippen LogP contribution in [0.25, 0.3) is 11.1 Å². The molecule has 148 valence electrons. The fourth-order valence-corrected chi connectivity index (χ4v) is 4.89. The second-order valence-corrected chi connectivity index (χ2v) is 8.14. The van der Waals surface area contributed by atoms with Gasteiger partial charge in [0, 0.05) is 10.4 Å². The summed E-state index contributed by atoms with van der Waals surface area (Å²) in [4.78, 5) is 37.8. The summed E-state index contributed by atoms with van der Waals surface area (Å²) in [6.07, 6.45) is 2.66.